The van der Waals surface area contributed by atoms with Crippen molar-refractivity contribution in [2.45, 2.75) is 33.1 Å². The van der Waals surface area contributed by atoms with Crippen LogP contribution in [0.15, 0.2) is 29.1 Å². The van der Waals surface area contributed by atoms with Crippen LogP contribution in [0, 0.1) is 6.92 Å². The topological polar surface area (TPSA) is 48.6 Å². The lowest BCUT2D eigenvalue weighted by Crippen LogP contribution is -2.11. The molecule has 0 unspecified atom stereocenters. The van der Waals surface area contributed by atoms with Gasteiger partial charge in [-0.3, -0.25) is 15.0 Å². The van der Waals surface area contributed by atoms with Gasteiger partial charge in [-0.1, -0.05) is 32.9 Å². The van der Waals surface area contributed by atoms with Crippen molar-refractivity contribution in [2.24, 2.45) is 0 Å². The van der Waals surface area contributed by atoms with Gasteiger partial charge in [0, 0.05) is 11.6 Å². The van der Waals surface area contributed by atoms with Crippen molar-refractivity contribution < 1.29 is 0 Å². The fourth-order valence-corrected chi connectivity index (χ4v) is 1.86. The fraction of sp³-hybridized carbons (Fsp3) is 0.357. The summed E-state index contributed by atoms with van der Waals surface area (Å²) < 4.78 is 0. The first-order valence-corrected chi connectivity index (χ1v) is 5.77. The van der Waals surface area contributed by atoms with E-state index in [1.165, 1.54) is 5.56 Å². The maximum Gasteiger partial charge on any atom is 0.264 e. The molecule has 0 fully saturated rings. The minimum absolute atomic E-state index is 0.0967. The Morgan fingerprint density at radius 3 is 2.29 bits per heavy atom. The number of aromatic amines is 2. The van der Waals surface area contributed by atoms with Crippen molar-refractivity contribution in [1.82, 2.24) is 10.2 Å². The average Bonchev–Trinajstić information content (AvgIpc) is 2.63. The molecule has 1 aromatic carbocycles. The first-order chi connectivity index (χ1) is 7.88. The van der Waals surface area contributed by atoms with Crippen molar-refractivity contribution >= 4 is 0 Å². The third kappa shape index (κ3) is 2.33. The minimum atomic E-state index is -0.0967. The number of hydrogen-bond acceptors (Lipinski definition) is 1. The van der Waals surface area contributed by atoms with Crippen LogP contribution in [0.1, 0.15) is 31.9 Å². The number of nitrogens with one attached hydrogen (secondary N) is 2. The number of benzene rings is 1. The van der Waals surface area contributed by atoms with Gasteiger partial charge in [-0.15, -0.1) is 0 Å². The number of aryl methyl sites for hydroxylation is 1. The minimum Gasteiger partial charge on any atom is -0.298 e. The highest BCUT2D eigenvalue weighted by molar-refractivity contribution is 5.64. The van der Waals surface area contributed by atoms with E-state index in [0.29, 0.717) is 0 Å². The second-order valence-corrected chi connectivity index (χ2v) is 5.45. The molecule has 0 saturated heterocycles. The zero-order valence-corrected chi connectivity index (χ0v) is 10.7. The monoisotopic (exact) mass is 230 g/mol. The SMILES string of the molecule is Cc1ccc(C(C)(C)C)cc1-c1cc(=O)[nH][nH]1. The van der Waals surface area contributed by atoms with Crippen LogP contribution < -0.4 is 5.56 Å². The summed E-state index contributed by atoms with van der Waals surface area (Å²) >= 11 is 0. The lowest BCUT2D eigenvalue weighted by atomic mass is 9.85. The highest BCUT2D eigenvalue weighted by atomic mass is 16.1. The standard InChI is InChI=1S/C14H18N2O/c1-9-5-6-10(14(2,3)4)7-11(9)12-8-13(17)16-15-12/h5-8H,1-4H3,(H2,15,16,17). The molecular formula is C14H18N2O. The lowest BCUT2D eigenvalue weighted by Gasteiger charge is -2.20. The van der Waals surface area contributed by atoms with E-state index in [4.69, 9.17) is 0 Å². The normalized spacial score (nSPS) is 11.8. The van der Waals surface area contributed by atoms with E-state index in [2.05, 4.69) is 49.2 Å². The Labute approximate surface area is 101 Å². The summed E-state index contributed by atoms with van der Waals surface area (Å²) in [5.74, 6) is 0. The molecule has 2 N–H and O–H groups in total. The van der Waals surface area contributed by atoms with Crippen LogP contribution >= 0.6 is 0 Å². The van der Waals surface area contributed by atoms with Gasteiger partial charge in [0.15, 0.2) is 0 Å². The molecule has 0 bridgehead atoms. The Morgan fingerprint density at radius 2 is 1.76 bits per heavy atom. The smallest absolute Gasteiger partial charge is 0.264 e. The maximum absolute atomic E-state index is 11.2. The molecule has 0 saturated carbocycles. The summed E-state index contributed by atoms with van der Waals surface area (Å²) in [7, 11) is 0. The molecule has 2 rings (SSSR count). The third-order valence-corrected chi connectivity index (χ3v) is 2.99. The van der Waals surface area contributed by atoms with E-state index in [1.807, 2.05) is 6.92 Å². The molecule has 0 aliphatic rings. The van der Waals surface area contributed by atoms with Gasteiger partial charge in [0.25, 0.3) is 5.56 Å². The molecule has 0 radical (unpaired) electrons. The Bertz CT molecular complexity index is 585. The van der Waals surface area contributed by atoms with Crippen LogP contribution in [0.25, 0.3) is 11.3 Å². The molecule has 0 spiro atoms. The van der Waals surface area contributed by atoms with E-state index in [0.717, 1.165) is 16.8 Å². The molecule has 1 aromatic heterocycles. The van der Waals surface area contributed by atoms with Gasteiger partial charge >= 0.3 is 0 Å². The van der Waals surface area contributed by atoms with Crippen LogP contribution in [0.3, 0.4) is 0 Å². The van der Waals surface area contributed by atoms with Gasteiger partial charge in [-0.25, -0.2) is 0 Å². The first kappa shape index (κ1) is 11.7. The lowest BCUT2D eigenvalue weighted by molar-refractivity contribution is 0.590. The molecule has 17 heavy (non-hydrogen) atoms. The predicted octanol–water partition coefficient (Wildman–Crippen LogP) is 2.98. The highest BCUT2D eigenvalue weighted by Gasteiger charge is 2.15. The van der Waals surface area contributed by atoms with Gasteiger partial charge < -0.3 is 0 Å². The van der Waals surface area contributed by atoms with Crippen molar-refractivity contribution in [2.75, 3.05) is 0 Å². The number of aromatic nitrogens is 2. The third-order valence-electron chi connectivity index (χ3n) is 2.99. The Kier molecular flexibility index (Phi) is 2.69. The van der Waals surface area contributed by atoms with Gasteiger partial charge in [0.05, 0.1) is 5.69 Å². The van der Waals surface area contributed by atoms with E-state index in [9.17, 15) is 4.79 Å². The van der Waals surface area contributed by atoms with Gasteiger partial charge in [0.2, 0.25) is 0 Å². The van der Waals surface area contributed by atoms with E-state index in [-0.39, 0.29) is 11.0 Å². The van der Waals surface area contributed by atoms with Crippen LogP contribution in [0.4, 0.5) is 0 Å². The molecule has 2 aromatic rings. The summed E-state index contributed by atoms with van der Waals surface area (Å²) in [6.45, 7) is 8.59. The second kappa shape index (κ2) is 3.91. The summed E-state index contributed by atoms with van der Waals surface area (Å²) in [4.78, 5) is 11.2. The van der Waals surface area contributed by atoms with E-state index in [1.54, 1.807) is 6.07 Å². The Morgan fingerprint density at radius 1 is 1.06 bits per heavy atom. The molecule has 0 aliphatic heterocycles. The summed E-state index contributed by atoms with van der Waals surface area (Å²) in [5.41, 5.74) is 4.36. The Balaban J connectivity index is 2.58. The number of hydrogen-bond donors (Lipinski definition) is 2. The van der Waals surface area contributed by atoms with Crippen LogP contribution in [-0.4, -0.2) is 10.2 Å². The van der Waals surface area contributed by atoms with Crippen molar-refractivity contribution in [3.8, 4) is 11.3 Å². The molecule has 0 amide bonds. The zero-order chi connectivity index (χ0) is 12.6. The summed E-state index contributed by atoms with van der Waals surface area (Å²) in [6, 6.07) is 7.98. The summed E-state index contributed by atoms with van der Waals surface area (Å²) in [5, 5.41) is 5.48. The number of H-pyrrole nitrogens is 2. The second-order valence-electron chi connectivity index (χ2n) is 5.45. The first-order valence-electron chi connectivity index (χ1n) is 5.77. The quantitative estimate of drug-likeness (QED) is 0.777. The van der Waals surface area contributed by atoms with Crippen molar-refractivity contribution in [3.63, 3.8) is 0 Å². The summed E-state index contributed by atoms with van der Waals surface area (Å²) in [6.07, 6.45) is 0. The Hall–Kier alpha value is -1.77. The van der Waals surface area contributed by atoms with E-state index >= 15 is 0 Å². The zero-order valence-electron chi connectivity index (χ0n) is 10.7. The van der Waals surface area contributed by atoms with Gasteiger partial charge in [0.1, 0.15) is 0 Å². The molecule has 0 atom stereocenters. The molecule has 1 heterocycles. The molecule has 0 aliphatic carbocycles. The molecule has 90 valence electrons. The highest BCUT2D eigenvalue weighted by Crippen LogP contribution is 2.28. The fourth-order valence-electron chi connectivity index (χ4n) is 1.86. The molecule has 3 heteroatoms. The van der Waals surface area contributed by atoms with Crippen molar-refractivity contribution in [3.05, 3.63) is 45.7 Å². The predicted molar refractivity (Wildman–Crippen MR) is 70.3 cm³/mol. The van der Waals surface area contributed by atoms with Crippen LogP contribution in [-0.2, 0) is 5.41 Å². The van der Waals surface area contributed by atoms with Crippen LogP contribution in [0.5, 0.6) is 0 Å². The number of rotatable bonds is 1. The largest absolute Gasteiger partial charge is 0.298 e. The average molecular weight is 230 g/mol. The molecule has 3 nitrogen and oxygen atoms in total. The van der Waals surface area contributed by atoms with Crippen LogP contribution in [0.2, 0.25) is 0 Å². The maximum atomic E-state index is 11.2. The van der Waals surface area contributed by atoms with E-state index < -0.39 is 0 Å². The van der Waals surface area contributed by atoms with Gasteiger partial charge in [-0.2, -0.15) is 0 Å². The molecular weight excluding hydrogens is 212 g/mol. The van der Waals surface area contributed by atoms with Gasteiger partial charge in [-0.05, 0) is 29.5 Å². The van der Waals surface area contributed by atoms with Crippen molar-refractivity contribution in [1.29, 1.82) is 0 Å².